The van der Waals surface area contributed by atoms with Gasteiger partial charge in [-0.25, -0.2) is 8.42 Å². The first kappa shape index (κ1) is 13.6. The minimum absolute atomic E-state index is 0.198. The van der Waals surface area contributed by atoms with Crippen LogP contribution in [-0.4, -0.2) is 20.6 Å². The minimum atomic E-state index is -3.45. The zero-order valence-electron chi connectivity index (χ0n) is 10.1. The molecule has 0 radical (unpaired) electrons. The average molecular weight is 296 g/mol. The number of primary amides is 1. The standard InChI is InChI=1S/C12H12N2O3S2/c1-19(16,17)14-9-7-10(18-11(9)12(13)15)8-5-3-2-4-6-8/h2-7,14H,1H3,(H2,13,15). The Balaban J connectivity index is 2.50. The van der Waals surface area contributed by atoms with E-state index in [2.05, 4.69) is 4.72 Å². The largest absolute Gasteiger partial charge is 0.365 e. The summed E-state index contributed by atoms with van der Waals surface area (Å²) in [5.41, 5.74) is 6.38. The molecule has 1 aromatic heterocycles. The number of sulfonamides is 1. The van der Waals surface area contributed by atoms with Gasteiger partial charge in [-0.15, -0.1) is 11.3 Å². The lowest BCUT2D eigenvalue weighted by Crippen LogP contribution is -2.15. The molecular formula is C12H12N2O3S2. The molecule has 0 atom stereocenters. The second kappa shape index (κ2) is 5.02. The SMILES string of the molecule is CS(=O)(=O)Nc1cc(-c2ccccc2)sc1C(N)=O. The molecule has 0 bridgehead atoms. The lowest BCUT2D eigenvalue weighted by molar-refractivity contribution is 0.100. The Morgan fingerprint density at radius 3 is 2.42 bits per heavy atom. The van der Waals surface area contributed by atoms with Crippen LogP contribution in [0, 0.1) is 0 Å². The van der Waals surface area contributed by atoms with E-state index in [-0.39, 0.29) is 10.6 Å². The molecule has 100 valence electrons. The number of nitrogens with two attached hydrogens (primary N) is 1. The van der Waals surface area contributed by atoms with Gasteiger partial charge in [-0.1, -0.05) is 30.3 Å². The molecule has 0 aliphatic heterocycles. The quantitative estimate of drug-likeness (QED) is 0.902. The highest BCUT2D eigenvalue weighted by atomic mass is 32.2. The van der Waals surface area contributed by atoms with Crippen LogP contribution in [0.15, 0.2) is 36.4 Å². The van der Waals surface area contributed by atoms with Crippen LogP contribution in [0.2, 0.25) is 0 Å². The summed E-state index contributed by atoms with van der Waals surface area (Å²) in [6.07, 6.45) is 1.03. The molecule has 1 amide bonds. The number of benzene rings is 1. The van der Waals surface area contributed by atoms with E-state index in [1.807, 2.05) is 30.3 Å². The highest BCUT2D eigenvalue weighted by Crippen LogP contribution is 2.34. The fraction of sp³-hybridized carbons (Fsp3) is 0.0833. The molecule has 1 aromatic carbocycles. The Labute approximate surface area is 115 Å². The van der Waals surface area contributed by atoms with Crippen LogP contribution in [-0.2, 0) is 10.0 Å². The molecule has 0 unspecified atom stereocenters. The van der Waals surface area contributed by atoms with Gasteiger partial charge in [-0.2, -0.15) is 0 Å². The fourth-order valence-corrected chi connectivity index (χ4v) is 3.19. The van der Waals surface area contributed by atoms with Gasteiger partial charge in [0.1, 0.15) is 4.88 Å². The van der Waals surface area contributed by atoms with Gasteiger partial charge in [0, 0.05) is 4.88 Å². The number of carbonyl (C=O) groups excluding carboxylic acids is 1. The minimum Gasteiger partial charge on any atom is -0.365 e. The van der Waals surface area contributed by atoms with Crippen LogP contribution in [0.25, 0.3) is 10.4 Å². The Kier molecular flexibility index (Phi) is 3.59. The van der Waals surface area contributed by atoms with E-state index in [1.54, 1.807) is 6.07 Å². The van der Waals surface area contributed by atoms with Gasteiger partial charge in [0.15, 0.2) is 0 Å². The van der Waals surface area contributed by atoms with Gasteiger partial charge in [0.2, 0.25) is 10.0 Å². The molecular weight excluding hydrogens is 284 g/mol. The normalized spacial score (nSPS) is 11.2. The van der Waals surface area contributed by atoms with Crippen molar-refractivity contribution < 1.29 is 13.2 Å². The summed E-state index contributed by atoms with van der Waals surface area (Å²) in [6, 6.07) is 11.0. The van der Waals surface area contributed by atoms with Crippen molar-refractivity contribution in [2.75, 3.05) is 11.0 Å². The molecule has 0 aliphatic rings. The summed E-state index contributed by atoms with van der Waals surface area (Å²) < 4.78 is 24.8. The van der Waals surface area contributed by atoms with Crippen molar-refractivity contribution in [2.45, 2.75) is 0 Å². The molecule has 0 saturated heterocycles. The maximum Gasteiger partial charge on any atom is 0.260 e. The molecule has 19 heavy (non-hydrogen) atoms. The van der Waals surface area contributed by atoms with E-state index in [9.17, 15) is 13.2 Å². The Bertz CT molecular complexity index is 706. The second-order valence-corrected chi connectivity index (χ2v) is 6.76. The first-order chi connectivity index (χ1) is 8.87. The molecule has 0 saturated carbocycles. The van der Waals surface area contributed by atoms with E-state index >= 15 is 0 Å². The zero-order chi connectivity index (χ0) is 14.0. The fourth-order valence-electron chi connectivity index (χ4n) is 1.59. The van der Waals surface area contributed by atoms with E-state index in [0.717, 1.165) is 28.0 Å². The molecule has 0 aliphatic carbocycles. The second-order valence-electron chi connectivity index (χ2n) is 3.96. The van der Waals surface area contributed by atoms with Crippen LogP contribution in [0.4, 0.5) is 5.69 Å². The van der Waals surface area contributed by atoms with Crippen LogP contribution < -0.4 is 10.5 Å². The third-order valence-corrected chi connectivity index (χ3v) is 4.10. The number of rotatable bonds is 4. The van der Waals surface area contributed by atoms with Crippen molar-refractivity contribution in [2.24, 2.45) is 5.73 Å². The van der Waals surface area contributed by atoms with Crippen molar-refractivity contribution in [3.63, 3.8) is 0 Å². The molecule has 7 heteroatoms. The molecule has 1 heterocycles. The van der Waals surface area contributed by atoms with Gasteiger partial charge >= 0.3 is 0 Å². The van der Waals surface area contributed by atoms with Crippen LogP contribution in [0.5, 0.6) is 0 Å². The monoisotopic (exact) mass is 296 g/mol. The first-order valence-electron chi connectivity index (χ1n) is 5.33. The van der Waals surface area contributed by atoms with Crippen molar-refractivity contribution in [1.29, 1.82) is 0 Å². The summed E-state index contributed by atoms with van der Waals surface area (Å²) in [7, 11) is -3.45. The number of amides is 1. The summed E-state index contributed by atoms with van der Waals surface area (Å²) >= 11 is 1.16. The maximum absolute atomic E-state index is 11.4. The van der Waals surface area contributed by atoms with Gasteiger partial charge in [0.05, 0.1) is 11.9 Å². The van der Waals surface area contributed by atoms with E-state index in [1.165, 1.54) is 0 Å². The molecule has 5 nitrogen and oxygen atoms in total. The summed E-state index contributed by atoms with van der Waals surface area (Å²) in [4.78, 5) is 12.3. The highest BCUT2D eigenvalue weighted by molar-refractivity contribution is 7.92. The first-order valence-corrected chi connectivity index (χ1v) is 8.04. The topological polar surface area (TPSA) is 89.3 Å². The summed E-state index contributed by atoms with van der Waals surface area (Å²) in [6.45, 7) is 0. The number of hydrogen-bond donors (Lipinski definition) is 2. The van der Waals surface area contributed by atoms with E-state index in [4.69, 9.17) is 5.73 Å². The predicted molar refractivity (Wildman–Crippen MR) is 76.7 cm³/mol. The Hall–Kier alpha value is -1.86. The predicted octanol–water partition coefficient (Wildman–Crippen LogP) is 1.89. The van der Waals surface area contributed by atoms with Crippen molar-refractivity contribution >= 4 is 33.0 Å². The number of anilines is 1. The summed E-state index contributed by atoms with van der Waals surface area (Å²) in [5, 5.41) is 0. The maximum atomic E-state index is 11.4. The number of thiophene rings is 1. The van der Waals surface area contributed by atoms with Gasteiger partial charge in [-0.05, 0) is 11.6 Å². The third kappa shape index (κ3) is 3.33. The summed E-state index contributed by atoms with van der Waals surface area (Å²) in [5.74, 6) is -0.654. The molecule has 3 N–H and O–H groups in total. The van der Waals surface area contributed by atoms with Gasteiger partial charge in [-0.3, -0.25) is 9.52 Å². The van der Waals surface area contributed by atoms with Crippen molar-refractivity contribution in [1.82, 2.24) is 0 Å². The van der Waals surface area contributed by atoms with E-state index < -0.39 is 15.9 Å². The Morgan fingerprint density at radius 1 is 1.26 bits per heavy atom. The smallest absolute Gasteiger partial charge is 0.260 e. The van der Waals surface area contributed by atoms with Crippen LogP contribution >= 0.6 is 11.3 Å². The molecule has 0 spiro atoms. The van der Waals surface area contributed by atoms with Crippen molar-refractivity contribution in [3.8, 4) is 10.4 Å². The average Bonchev–Trinajstić information content (AvgIpc) is 2.72. The highest BCUT2D eigenvalue weighted by Gasteiger charge is 2.17. The van der Waals surface area contributed by atoms with Gasteiger partial charge in [0.25, 0.3) is 5.91 Å². The zero-order valence-corrected chi connectivity index (χ0v) is 11.7. The number of nitrogens with one attached hydrogen (secondary N) is 1. The molecule has 0 fully saturated rings. The third-order valence-electron chi connectivity index (χ3n) is 2.31. The van der Waals surface area contributed by atoms with E-state index in [0.29, 0.717) is 0 Å². The number of carbonyl (C=O) groups is 1. The molecule has 2 rings (SSSR count). The molecule has 2 aromatic rings. The lowest BCUT2D eigenvalue weighted by Gasteiger charge is -2.01. The van der Waals surface area contributed by atoms with Gasteiger partial charge < -0.3 is 5.73 Å². The van der Waals surface area contributed by atoms with Crippen LogP contribution in [0.3, 0.4) is 0 Å². The Morgan fingerprint density at radius 2 is 1.89 bits per heavy atom. The van der Waals surface area contributed by atoms with Crippen LogP contribution in [0.1, 0.15) is 9.67 Å². The van der Waals surface area contributed by atoms with Crippen molar-refractivity contribution in [3.05, 3.63) is 41.3 Å². The number of hydrogen-bond acceptors (Lipinski definition) is 4. The lowest BCUT2D eigenvalue weighted by atomic mass is 10.2.